The van der Waals surface area contributed by atoms with E-state index >= 15 is 0 Å². The Balaban J connectivity index is 1.91. The van der Waals surface area contributed by atoms with Gasteiger partial charge < -0.3 is 14.6 Å². The summed E-state index contributed by atoms with van der Waals surface area (Å²) in [5.41, 5.74) is 2.96. The number of benzene rings is 2. The topological polar surface area (TPSA) is 77.4 Å². The molecule has 1 aromatic heterocycles. The van der Waals surface area contributed by atoms with E-state index in [2.05, 4.69) is 5.32 Å². The van der Waals surface area contributed by atoms with Gasteiger partial charge in [-0.25, -0.2) is 4.79 Å². The van der Waals surface area contributed by atoms with Crippen LogP contribution in [0.3, 0.4) is 0 Å². The zero-order valence-electron chi connectivity index (χ0n) is 15.9. The van der Waals surface area contributed by atoms with Crippen molar-refractivity contribution in [3.8, 4) is 5.69 Å². The van der Waals surface area contributed by atoms with Crippen LogP contribution in [0, 0.1) is 6.92 Å². The second-order valence-corrected chi connectivity index (χ2v) is 6.69. The summed E-state index contributed by atoms with van der Waals surface area (Å²) in [6.07, 6.45) is 0.686. The predicted molar refractivity (Wildman–Crippen MR) is 111 cm³/mol. The van der Waals surface area contributed by atoms with Crippen LogP contribution in [0.2, 0.25) is 5.02 Å². The van der Waals surface area contributed by atoms with Crippen LogP contribution >= 0.6 is 11.6 Å². The van der Waals surface area contributed by atoms with E-state index < -0.39 is 5.97 Å². The number of rotatable bonds is 6. The maximum atomic E-state index is 12.7. The van der Waals surface area contributed by atoms with E-state index in [0.29, 0.717) is 51.8 Å². The quantitative estimate of drug-likeness (QED) is 0.472. The van der Waals surface area contributed by atoms with Crippen molar-refractivity contribution in [3.05, 3.63) is 82.1 Å². The number of hydrogen-bond donors (Lipinski definition) is 1. The summed E-state index contributed by atoms with van der Waals surface area (Å²) in [5, 5.41) is 3.36. The molecular weight excluding hydrogens is 392 g/mol. The Morgan fingerprint density at radius 2 is 1.76 bits per heavy atom. The molecule has 0 aliphatic rings. The summed E-state index contributed by atoms with van der Waals surface area (Å²) in [5.74, 6) is -0.753. The second kappa shape index (κ2) is 8.75. The molecule has 1 N–H and O–H groups in total. The van der Waals surface area contributed by atoms with E-state index in [9.17, 15) is 14.4 Å². The molecule has 3 rings (SSSR count). The van der Waals surface area contributed by atoms with Gasteiger partial charge in [0.1, 0.15) is 0 Å². The van der Waals surface area contributed by atoms with Gasteiger partial charge in [-0.15, -0.1) is 0 Å². The standard InChI is InChI=1S/C22H19ClN2O4/c1-3-29-22(28)15-4-10-18(11-5-15)25-14(2)20(12-19(25)13-26)21(27)24-17-8-6-16(23)7-9-17/h4-13H,3H2,1-2H3,(H,24,27). The molecule has 0 saturated carbocycles. The van der Waals surface area contributed by atoms with Gasteiger partial charge in [-0.1, -0.05) is 11.6 Å². The fourth-order valence-corrected chi connectivity index (χ4v) is 3.11. The molecule has 0 radical (unpaired) electrons. The van der Waals surface area contributed by atoms with Crippen LogP contribution < -0.4 is 5.32 Å². The molecule has 0 atom stereocenters. The van der Waals surface area contributed by atoms with E-state index in [1.807, 2.05) is 0 Å². The molecule has 29 heavy (non-hydrogen) atoms. The molecule has 7 heteroatoms. The number of ether oxygens (including phenoxy) is 1. The Labute approximate surface area is 173 Å². The zero-order valence-corrected chi connectivity index (χ0v) is 16.7. The van der Waals surface area contributed by atoms with Gasteiger partial charge in [-0.05, 0) is 68.4 Å². The number of aldehydes is 1. The van der Waals surface area contributed by atoms with E-state index in [1.165, 1.54) is 6.07 Å². The predicted octanol–water partition coefficient (Wildman–Crippen LogP) is 4.68. The lowest BCUT2D eigenvalue weighted by Gasteiger charge is -2.11. The largest absolute Gasteiger partial charge is 0.462 e. The lowest BCUT2D eigenvalue weighted by molar-refractivity contribution is 0.0526. The average molecular weight is 411 g/mol. The highest BCUT2D eigenvalue weighted by molar-refractivity contribution is 6.30. The summed E-state index contributed by atoms with van der Waals surface area (Å²) in [6, 6.07) is 14.9. The summed E-state index contributed by atoms with van der Waals surface area (Å²) < 4.78 is 6.64. The van der Waals surface area contributed by atoms with Crippen molar-refractivity contribution in [2.24, 2.45) is 0 Å². The number of anilines is 1. The first-order valence-corrected chi connectivity index (χ1v) is 9.34. The molecule has 0 unspecified atom stereocenters. The SMILES string of the molecule is CCOC(=O)c1ccc(-n2c(C=O)cc(C(=O)Nc3ccc(Cl)cc3)c2C)cc1. The van der Waals surface area contributed by atoms with Gasteiger partial charge in [0.25, 0.3) is 5.91 Å². The smallest absolute Gasteiger partial charge is 0.338 e. The highest BCUT2D eigenvalue weighted by Crippen LogP contribution is 2.23. The molecule has 6 nitrogen and oxygen atoms in total. The van der Waals surface area contributed by atoms with E-state index in [4.69, 9.17) is 16.3 Å². The minimum absolute atomic E-state index is 0.290. The fraction of sp³-hybridized carbons (Fsp3) is 0.136. The number of esters is 1. The van der Waals surface area contributed by atoms with E-state index in [1.54, 1.807) is 66.9 Å². The van der Waals surface area contributed by atoms with Gasteiger partial charge in [0, 0.05) is 22.1 Å². The third-order valence-electron chi connectivity index (χ3n) is 4.38. The maximum Gasteiger partial charge on any atom is 0.338 e. The fourth-order valence-electron chi connectivity index (χ4n) is 2.98. The highest BCUT2D eigenvalue weighted by atomic mass is 35.5. The number of hydrogen-bond acceptors (Lipinski definition) is 4. The Morgan fingerprint density at radius 1 is 1.10 bits per heavy atom. The van der Waals surface area contributed by atoms with Crippen molar-refractivity contribution in [3.63, 3.8) is 0 Å². The van der Waals surface area contributed by atoms with Crippen LogP contribution in [0.15, 0.2) is 54.6 Å². The van der Waals surface area contributed by atoms with Crippen molar-refractivity contribution >= 4 is 35.5 Å². The Bertz CT molecular complexity index is 1050. The van der Waals surface area contributed by atoms with Crippen molar-refractivity contribution in [1.29, 1.82) is 0 Å². The molecular formula is C22H19ClN2O4. The summed E-state index contributed by atoms with van der Waals surface area (Å²) in [7, 11) is 0. The lowest BCUT2D eigenvalue weighted by Crippen LogP contribution is -2.13. The Hall–Kier alpha value is -3.38. The molecule has 0 saturated heterocycles. The number of aromatic nitrogens is 1. The third-order valence-corrected chi connectivity index (χ3v) is 4.63. The van der Waals surface area contributed by atoms with Gasteiger partial charge in [0.2, 0.25) is 0 Å². The zero-order chi connectivity index (χ0) is 21.0. The third kappa shape index (κ3) is 4.38. The molecule has 0 fully saturated rings. The van der Waals surface area contributed by atoms with Gasteiger partial charge in [-0.3, -0.25) is 9.59 Å². The van der Waals surface area contributed by atoms with Crippen LogP contribution in [0.1, 0.15) is 43.8 Å². The van der Waals surface area contributed by atoms with Crippen molar-refractivity contribution < 1.29 is 19.1 Å². The van der Waals surface area contributed by atoms with E-state index in [0.717, 1.165) is 0 Å². The summed E-state index contributed by atoms with van der Waals surface area (Å²) >= 11 is 5.87. The minimum atomic E-state index is -0.415. The second-order valence-electron chi connectivity index (χ2n) is 6.25. The Kier molecular flexibility index (Phi) is 6.14. The molecule has 0 bridgehead atoms. The first-order valence-electron chi connectivity index (χ1n) is 8.96. The van der Waals surface area contributed by atoms with E-state index in [-0.39, 0.29) is 5.91 Å². The van der Waals surface area contributed by atoms with Crippen molar-refractivity contribution in [1.82, 2.24) is 4.57 Å². The molecule has 148 valence electrons. The van der Waals surface area contributed by atoms with Crippen LogP contribution in [0.25, 0.3) is 5.69 Å². The summed E-state index contributed by atoms with van der Waals surface area (Å²) in [4.78, 5) is 36.1. The molecule has 1 amide bonds. The van der Waals surface area contributed by atoms with Crippen LogP contribution in [0.4, 0.5) is 5.69 Å². The van der Waals surface area contributed by atoms with Crippen LogP contribution in [-0.2, 0) is 4.74 Å². The number of nitrogens with one attached hydrogen (secondary N) is 1. The molecule has 0 aliphatic carbocycles. The molecule has 0 spiro atoms. The first-order chi connectivity index (χ1) is 13.9. The average Bonchev–Trinajstić information content (AvgIpc) is 3.06. The van der Waals surface area contributed by atoms with Gasteiger partial charge >= 0.3 is 5.97 Å². The normalized spacial score (nSPS) is 10.4. The van der Waals surface area contributed by atoms with Gasteiger partial charge in [-0.2, -0.15) is 0 Å². The van der Waals surface area contributed by atoms with Crippen LogP contribution in [0.5, 0.6) is 0 Å². The number of halogens is 1. The highest BCUT2D eigenvalue weighted by Gasteiger charge is 2.19. The van der Waals surface area contributed by atoms with Gasteiger partial charge in [0.15, 0.2) is 6.29 Å². The summed E-state index contributed by atoms with van der Waals surface area (Å²) in [6.45, 7) is 3.78. The Morgan fingerprint density at radius 3 is 2.34 bits per heavy atom. The molecule has 3 aromatic rings. The van der Waals surface area contributed by atoms with Crippen molar-refractivity contribution in [2.45, 2.75) is 13.8 Å². The van der Waals surface area contributed by atoms with Crippen LogP contribution in [-0.4, -0.2) is 29.3 Å². The monoisotopic (exact) mass is 410 g/mol. The maximum absolute atomic E-state index is 12.7. The number of carbonyl (C=O) groups is 3. The molecule has 1 heterocycles. The number of carbonyl (C=O) groups excluding carboxylic acids is 3. The minimum Gasteiger partial charge on any atom is -0.462 e. The molecule has 0 aliphatic heterocycles. The number of nitrogens with zero attached hydrogens (tertiary/aromatic N) is 1. The molecule has 2 aromatic carbocycles. The lowest BCUT2D eigenvalue weighted by atomic mass is 10.2. The first kappa shape index (κ1) is 20.4. The van der Waals surface area contributed by atoms with Crippen molar-refractivity contribution in [2.75, 3.05) is 11.9 Å². The number of amides is 1. The van der Waals surface area contributed by atoms with Gasteiger partial charge in [0.05, 0.1) is 23.4 Å².